The molecule has 0 atom stereocenters. The molecule has 1 aromatic carbocycles. The van der Waals surface area contributed by atoms with E-state index in [9.17, 15) is 8.42 Å². The first-order valence-corrected chi connectivity index (χ1v) is 8.38. The summed E-state index contributed by atoms with van der Waals surface area (Å²) in [4.78, 5) is 4.51. The molecule has 0 unspecified atom stereocenters. The molecule has 20 heavy (non-hydrogen) atoms. The highest BCUT2D eigenvalue weighted by atomic mass is 32.2. The number of hydrogen-bond donors (Lipinski definition) is 2. The van der Waals surface area contributed by atoms with Crippen LogP contribution < -0.4 is 11.1 Å². The highest BCUT2D eigenvalue weighted by molar-refractivity contribution is 7.91. The Morgan fingerprint density at radius 2 is 1.95 bits per heavy atom. The number of rotatable bonds is 7. The van der Waals surface area contributed by atoms with E-state index in [-0.39, 0.29) is 5.75 Å². The van der Waals surface area contributed by atoms with Crippen LogP contribution in [-0.2, 0) is 9.84 Å². The minimum atomic E-state index is -3.20. The molecular weight excluding hydrogens is 274 g/mol. The van der Waals surface area contributed by atoms with E-state index in [1.807, 2.05) is 0 Å². The Morgan fingerprint density at radius 3 is 2.55 bits per heavy atom. The van der Waals surface area contributed by atoms with E-state index in [4.69, 9.17) is 5.73 Å². The maximum Gasteiger partial charge on any atom is 0.188 e. The highest BCUT2D eigenvalue weighted by Gasteiger charge is 2.12. The van der Waals surface area contributed by atoms with Crippen molar-refractivity contribution in [1.82, 2.24) is 5.32 Å². The summed E-state index contributed by atoms with van der Waals surface area (Å²) in [7, 11) is -3.20. The standard InChI is InChI=1S/C14H23N3O2S/c1-12(2)11-17-14(15)16-9-6-10-20(18,19)13-7-4-3-5-8-13/h3-5,7-8,12H,6,9-11H2,1-2H3,(H3,15,16,17). The van der Waals surface area contributed by atoms with Crippen LogP contribution in [0.5, 0.6) is 0 Å². The van der Waals surface area contributed by atoms with Gasteiger partial charge in [0.2, 0.25) is 0 Å². The van der Waals surface area contributed by atoms with E-state index in [1.165, 1.54) is 0 Å². The van der Waals surface area contributed by atoms with Gasteiger partial charge < -0.3 is 11.1 Å². The molecule has 0 aliphatic rings. The highest BCUT2D eigenvalue weighted by Crippen LogP contribution is 2.10. The average molecular weight is 297 g/mol. The summed E-state index contributed by atoms with van der Waals surface area (Å²) in [5.41, 5.74) is 5.67. The molecular formula is C14H23N3O2S. The van der Waals surface area contributed by atoms with Gasteiger partial charge in [0.25, 0.3) is 0 Å². The Kier molecular flexibility index (Phi) is 6.51. The van der Waals surface area contributed by atoms with Crippen LogP contribution in [0.25, 0.3) is 0 Å². The van der Waals surface area contributed by atoms with Crippen molar-refractivity contribution in [3.8, 4) is 0 Å². The molecule has 0 aliphatic carbocycles. The Morgan fingerprint density at radius 1 is 1.30 bits per heavy atom. The van der Waals surface area contributed by atoms with E-state index in [0.29, 0.717) is 36.3 Å². The van der Waals surface area contributed by atoms with Crippen molar-refractivity contribution in [1.29, 1.82) is 0 Å². The van der Waals surface area contributed by atoms with Crippen LogP contribution >= 0.6 is 0 Å². The Hall–Kier alpha value is -1.56. The first-order chi connectivity index (χ1) is 9.42. The van der Waals surface area contributed by atoms with Crippen molar-refractivity contribution < 1.29 is 8.42 Å². The number of guanidine groups is 1. The summed E-state index contributed by atoms with van der Waals surface area (Å²) in [6.07, 6.45) is 0.495. The number of nitrogens with zero attached hydrogens (tertiary/aromatic N) is 1. The van der Waals surface area contributed by atoms with Crippen LogP contribution in [0.15, 0.2) is 40.2 Å². The molecule has 0 aliphatic heterocycles. The third-order valence-corrected chi connectivity index (χ3v) is 4.44. The maximum absolute atomic E-state index is 12.0. The first-order valence-electron chi connectivity index (χ1n) is 6.73. The van der Waals surface area contributed by atoms with Gasteiger partial charge >= 0.3 is 0 Å². The summed E-state index contributed by atoms with van der Waals surface area (Å²) in [5.74, 6) is 0.922. The van der Waals surface area contributed by atoms with Gasteiger partial charge in [0.05, 0.1) is 10.6 Å². The van der Waals surface area contributed by atoms with Crippen LogP contribution in [-0.4, -0.2) is 33.2 Å². The van der Waals surface area contributed by atoms with E-state index in [2.05, 4.69) is 24.2 Å². The molecule has 1 aromatic rings. The summed E-state index contributed by atoms with van der Waals surface area (Å²) >= 11 is 0. The van der Waals surface area contributed by atoms with Gasteiger partial charge in [0.15, 0.2) is 15.8 Å². The molecule has 0 aromatic heterocycles. The molecule has 0 heterocycles. The summed E-state index contributed by atoms with van der Waals surface area (Å²) in [6, 6.07) is 8.47. The van der Waals surface area contributed by atoms with Crippen molar-refractivity contribution in [2.45, 2.75) is 25.2 Å². The first kappa shape index (κ1) is 16.5. The molecule has 0 saturated carbocycles. The topological polar surface area (TPSA) is 84.5 Å². The lowest BCUT2D eigenvalue weighted by Gasteiger charge is -2.07. The summed E-state index contributed by atoms with van der Waals surface area (Å²) in [6.45, 7) is 5.28. The van der Waals surface area contributed by atoms with E-state index in [1.54, 1.807) is 30.3 Å². The predicted molar refractivity (Wildman–Crippen MR) is 82.4 cm³/mol. The fourth-order valence-electron chi connectivity index (χ4n) is 1.56. The molecule has 5 nitrogen and oxygen atoms in total. The van der Waals surface area contributed by atoms with Gasteiger partial charge in [-0.25, -0.2) is 8.42 Å². The van der Waals surface area contributed by atoms with E-state index < -0.39 is 9.84 Å². The fourth-order valence-corrected chi connectivity index (χ4v) is 2.89. The molecule has 0 fully saturated rings. The van der Waals surface area contributed by atoms with Gasteiger partial charge in [0, 0.05) is 13.1 Å². The third kappa shape index (κ3) is 6.06. The number of nitrogens with two attached hydrogens (primary N) is 1. The Balaban J connectivity index is 2.36. The zero-order chi connectivity index (χ0) is 15.0. The van der Waals surface area contributed by atoms with Crippen molar-refractivity contribution in [3.05, 3.63) is 30.3 Å². The normalized spacial score (nSPS) is 12.7. The van der Waals surface area contributed by atoms with Gasteiger partial charge in [-0.2, -0.15) is 0 Å². The molecule has 6 heteroatoms. The predicted octanol–water partition coefficient (Wildman–Crippen LogP) is 1.41. The molecule has 0 radical (unpaired) electrons. The van der Waals surface area contributed by atoms with Gasteiger partial charge in [-0.15, -0.1) is 0 Å². The van der Waals surface area contributed by atoms with Crippen LogP contribution in [0.2, 0.25) is 0 Å². The van der Waals surface area contributed by atoms with Crippen LogP contribution in [0.4, 0.5) is 0 Å². The quantitative estimate of drug-likeness (QED) is 0.453. The fraction of sp³-hybridized carbons (Fsp3) is 0.500. The minimum Gasteiger partial charge on any atom is -0.370 e. The number of hydrogen-bond acceptors (Lipinski definition) is 3. The lowest BCUT2D eigenvalue weighted by atomic mass is 10.2. The van der Waals surface area contributed by atoms with Gasteiger partial charge in [-0.3, -0.25) is 4.99 Å². The summed E-state index contributed by atoms with van der Waals surface area (Å²) in [5, 5.41) is 2.93. The van der Waals surface area contributed by atoms with E-state index in [0.717, 1.165) is 0 Å². The minimum absolute atomic E-state index is 0.0987. The van der Waals surface area contributed by atoms with Crippen molar-refractivity contribution >= 4 is 15.8 Å². The summed E-state index contributed by atoms with van der Waals surface area (Å²) < 4.78 is 24.0. The largest absolute Gasteiger partial charge is 0.370 e. The second-order valence-electron chi connectivity index (χ2n) is 5.03. The lowest BCUT2D eigenvalue weighted by molar-refractivity contribution is 0.592. The molecule has 112 valence electrons. The van der Waals surface area contributed by atoms with Gasteiger partial charge in [-0.05, 0) is 24.5 Å². The maximum atomic E-state index is 12.0. The molecule has 0 saturated heterocycles. The van der Waals surface area contributed by atoms with Crippen LogP contribution in [0.1, 0.15) is 20.3 Å². The van der Waals surface area contributed by atoms with Crippen LogP contribution in [0, 0.1) is 5.92 Å². The molecule has 3 N–H and O–H groups in total. The lowest BCUT2D eigenvalue weighted by Crippen LogP contribution is -2.33. The molecule has 0 bridgehead atoms. The van der Waals surface area contributed by atoms with Gasteiger partial charge in [0.1, 0.15) is 0 Å². The van der Waals surface area contributed by atoms with E-state index >= 15 is 0 Å². The third-order valence-electron chi connectivity index (χ3n) is 2.63. The Bertz CT molecular complexity index is 525. The molecule has 1 rings (SSSR count). The second-order valence-corrected chi connectivity index (χ2v) is 7.14. The second kappa shape index (κ2) is 7.89. The van der Waals surface area contributed by atoms with Crippen LogP contribution in [0.3, 0.4) is 0 Å². The van der Waals surface area contributed by atoms with Crippen molar-refractivity contribution in [2.75, 3.05) is 18.8 Å². The molecule has 0 spiro atoms. The Labute approximate surface area is 121 Å². The number of benzene rings is 1. The number of aliphatic imine (C=N–C) groups is 1. The number of sulfone groups is 1. The zero-order valence-electron chi connectivity index (χ0n) is 12.0. The van der Waals surface area contributed by atoms with Crippen molar-refractivity contribution in [2.24, 2.45) is 16.6 Å². The SMILES string of the molecule is CC(C)CN=C(N)NCCCS(=O)(=O)c1ccccc1. The van der Waals surface area contributed by atoms with Crippen molar-refractivity contribution in [3.63, 3.8) is 0 Å². The average Bonchev–Trinajstić information content (AvgIpc) is 2.42. The number of nitrogens with one attached hydrogen (secondary N) is 1. The molecule has 0 amide bonds. The van der Waals surface area contributed by atoms with Gasteiger partial charge in [-0.1, -0.05) is 32.0 Å². The smallest absolute Gasteiger partial charge is 0.188 e. The monoisotopic (exact) mass is 297 g/mol. The zero-order valence-corrected chi connectivity index (χ0v) is 12.9.